The van der Waals surface area contributed by atoms with Crippen molar-refractivity contribution in [1.29, 1.82) is 0 Å². The Kier molecular flexibility index (Phi) is 4.49. The van der Waals surface area contributed by atoms with Crippen molar-refractivity contribution in [3.63, 3.8) is 0 Å². The molecule has 0 bridgehead atoms. The van der Waals surface area contributed by atoms with Crippen molar-refractivity contribution < 1.29 is 4.74 Å². The molecule has 5 rings (SSSR count). The zero-order valence-electron chi connectivity index (χ0n) is 15.4. The van der Waals surface area contributed by atoms with Gasteiger partial charge in [-0.05, 0) is 25.3 Å². The molecule has 0 radical (unpaired) electrons. The monoisotopic (exact) mass is 367 g/mol. The fraction of sp³-hybridized carbons (Fsp3) is 0.579. The Balaban J connectivity index is 1.23. The topological polar surface area (TPSA) is 79.3 Å². The fourth-order valence-corrected chi connectivity index (χ4v) is 3.79. The van der Waals surface area contributed by atoms with Crippen LogP contribution in [0.3, 0.4) is 0 Å². The first kappa shape index (κ1) is 16.7. The Morgan fingerprint density at radius 2 is 1.85 bits per heavy atom. The molecule has 1 saturated carbocycles. The number of nitrogens with zero attached hydrogens (tertiary/aromatic N) is 6. The van der Waals surface area contributed by atoms with Crippen LogP contribution in [-0.2, 0) is 4.74 Å². The van der Waals surface area contributed by atoms with Crippen LogP contribution in [0.2, 0.25) is 0 Å². The van der Waals surface area contributed by atoms with Crippen molar-refractivity contribution in [2.24, 2.45) is 0 Å². The molecule has 142 valence electrons. The fourth-order valence-electron chi connectivity index (χ4n) is 3.79. The molecule has 8 heteroatoms. The lowest BCUT2D eigenvalue weighted by Crippen LogP contribution is -2.37. The quantitative estimate of drug-likeness (QED) is 0.855. The predicted octanol–water partition coefficient (Wildman–Crippen LogP) is 1.67. The van der Waals surface area contributed by atoms with E-state index in [4.69, 9.17) is 9.72 Å². The number of hydrogen-bond donors (Lipinski definition) is 1. The van der Waals surface area contributed by atoms with Crippen LogP contribution in [0.25, 0.3) is 0 Å². The van der Waals surface area contributed by atoms with E-state index >= 15 is 0 Å². The summed E-state index contributed by atoms with van der Waals surface area (Å²) < 4.78 is 5.42. The third-order valence-electron chi connectivity index (χ3n) is 5.49. The normalized spacial score (nSPS) is 22.9. The average Bonchev–Trinajstić information content (AvgIpc) is 3.48. The lowest BCUT2D eigenvalue weighted by molar-refractivity contribution is 0.122. The number of aromatic nitrogens is 4. The van der Waals surface area contributed by atoms with Gasteiger partial charge in [0.2, 0.25) is 5.95 Å². The minimum Gasteiger partial charge on any atom is -0.378 e. The molecule has 3 fully saturated rings. The van der Waals surface area contributed by atoms with Crippen LogP contribution in [0.1, 0.15) is 30.9 Å². The molecule has 1 unspecified atom stereocenters. The van der Waals surface area contributed by atoms with E-state index in [-0.39, 0.29) is 0 Å². The summed E-state index contributed by atoms with van der Waals surface area (Å²) in [6, 6.07) is 4.46. The highest BCUT2D eigenvalue weighted by atomic mass is 16.5. The Morgan fingerprint density at radius 3 is 2.70 bits per heavy atom. The number of hydrogen-bond acceptors (Lipinski definition) is 8. The zero-order valence-corrected chi connectivity index (χ0v) is 15.4. The molecule has 2 aromatic heterocycles. The Morgan fingerprint density at radius 1 is 0.963 bits per heavy atom. The van der Waals surface area contributed by atoms with Crippen molar-refractivity contribution >= 4 is 17.6 Å². The van der Waals surface area contributed by atoms with E-state index in [1.165, 1.54) is 18.5 Å². The second-order valence-corrected chi connectivity index (χ2v) is 7.49. The van der Waals surface area contributed by atoms with Gasteiger partial charge < -0.3 is 19.9 Å². The molecule has 1 aliphatic carbocycles. The smallest absolute Gasteiger partial charge is 0.224 e. The molecule has 2 aromatic rings. The Labute approximate surface area is 159 Å². The van der Waals surface area contributed by atoms with Gasteiger partial charge in [-0.2, -0.15) is 4.98 Å². The first-order chi connectivity index (χ1) is 13.3. The minimum absolute atomic E-state index is 0.323. The lowest BCUT2D eigenvalue weighted by atomic mass is 10.2. The molecule has 8 nitrogen and oxygen atoms in total. The summed E-state index contributed by atoms with van der Waals surface area (Å²) >= 11 is 0. The number of morpholine rings is 1. The van der Waals surface area contributed by atoms with Crippen LogP contribution in [0, 0.1) is 0 Å². The van der Waals surface area contributed by atoms with Gasteiger partial charge in [0.1, 0.15) is 18.0 Å². The van der Waals surface area contributed by atoms with Crippen LogP contribution >= 0.6 is 0 Å². The van der Waals surface area contributed by atoms with Gasteiger partial charge in [-0.3, -0.25) is 0 Å². The lowest BCUT2D eigenvalue weighted by Gasteiger charge is -2.28. The molecule has 2 saturated heterocycles. The number of anilines is 3. The molecule has 1 atom stereocenters. The molecular weight excluding hydrogens is 342 g/mol. The van der Waals surface area contributed by atoms with Gasteiger partial charge in [-0.1, -0.05) is 0 Å². The van der Waals surface area contributed by atoms with Crippen molar-refractivity contribution in [3.05, 3.63) is 30.4 Å². The highest BCUT2D eigenvalue weighted by Gasteiger charge is 2.28. The van der Waals surface area contributed by atoms with Crippen molar-refractivity contribution in [2.45, 2.75) is 31.2 Å². The van der Waals surface area contributed by atoms with Crippen molar-refractivity contribution in [1.82, 2.24) is 19.9 Å². The molecule has 4 heterocycles. The molecule has 0 aromatic carbocycles. The van der Waals surface area contributed by atoms with Crippen molar-refractivity contribution in [3.8, 4) is 0 Å². The number of ether oxygens (including phenoxy) is 1. The standard InChI is InChI=1S/C19H25N7O/c1-2-14(1)16-11-18(22-13-21-16)26-6-4-15(12-26)23-19-20-5-3-17(24-19)25-7-9-27-10-8-25/h3,5,11,13-15H,1-2,4,6-10,12H2,(H,20,23,24). The first-order valence-corrected chi connectivity index (χ1v) is 9.84. The highest BCUT2D eigenvalue weighted by molar-refractivity contribution is 5.45. The van der Waals surface area contributed by atoms with E-state index < -0.39 is 0 Å². The summed E-state index contributed by atoms with van der Waals surface area (Å²) in [4.78, 5) is 22.6. The Bertz CT molecular complexity index is 791. The van der Waals surface area contributed by atoms with Gasteiger partial charge in [0.05, 0.1) is 13.2 Å². The number of rotatable bonds is 5. The van der Waals surface area contributed by atoms with Crippen LogP contribution in [0.15, 0.2) is 24.7 Å². The van der Waals surface area contributed by atoms with Crippen molar-refractivity contribution in [2.75, 3.05) is 54.5 Å². The summed E-state index contributed by atoms with van der Waals surface area (Å²) in [5.41, 5.74) is 1.19. The van der Waals surface area contributed by atoms with Gasteiger partial charge in [-0.15, -0.1) is 0 Å². The average molecular weight is 367 g/mol. The second kappa shape index (κ2) is 7.26. The van der Waals surface area contributed by atoms with E-state index in [0.29, 0.717) is 17.9 Å². The predicted molar refractivity (Wildman–Crippen MR) is 103 cm³/mol. The van der Waals surface area contributed by atoms with Gasteiger partial charge in [0.25, 0.3) is 0 Å². The molecule has 0 amide bonds. The largest absolute Gasteiger partial charge is 0.378 e. The maximum atomic E-state index is 5.42. The first-order valence-electron chi connectivity index (χ1n) is 9.84. The van der Waals surface area contributed by atoms with Gasteiger partial charge in [0, 0.05) is 56.1 Å². The van der Waals surface area contributed by atoms with Crippen LogP contribution in [-0.4, -0.2) is 65.4 Å². The van der Waals surface area contributed by atoms with Crippen LogP contribution < -0.4 is 15.1 Å². The molecule has 1 N–H and O–H groups in total. The summed E-state index contributed by atoms with van der Waals surface area (Å²) in [7, 11) is 0. The van der Waals surface area contributed by atoms with Gasteiger partial charge >= 0.3 is 0 Å². The highest BCUT2D eigenvalue weighted by Crippen LogP contribution is 2.39. The van der Waals surface area contributed by atoms with Gasteiger partial charge in [0.15, 0.2) is 0 Å². The van der Waals surface area contributed by atoms with Gasteiger partial charge in [-0.25, -0.2) is 15.0 Å². The molecular formula is C19H25N7O. The number of nitrogens with one attached hydrogen (secondary N) is 1. The maximum Gasteiger partial charge on any atom is 0.224 e. The third kappa shape index (κ3) is 3.80. The summed E-state index contributed by atoms with van der Waals surface area (Å²) in [5.74, 6) is 3.36. The summed E-state index contributed by atoms with van der Waals surface area (Å²) in [6.45, 7) is 5.17. The summed E-state index contributed by atoms with van der Waals surface area (Å²) in [6.07, 6.45) is 7.11. The molecule has 2 aliphatic heterocycles. The Hall–Kier alpha value is -2.48. The molecule has 3 aliphatic rings. The maximum absolute atomic E-state index is 5.42. The van der Waals surface area contributed by atoms with Crippen LogP contribution in [0.4, 0.5) is 17.6 Å². The minimum atomic E-state index is 0.323. The van der Waals surface area contributed by atoms with E-state index in [1.807, 2.05) is 12.3 Å². The zero-order chi connectivity index (χ0) is 18.1. The third-order valence-corrected chi connectivity index (χ3v) is 5.49. The second-order valence-electron chi connectivity index (χ2n) is 7.49. The van der Waals surface area contributed by atoms with E-state index in [2.05, 4.69) is 36.1 Å². The summed E-state index contributed by atoms with van der Waals surface area (Å²) in [5, 5.41) is 3.50. The van der Waals surface area contributed by atoms with E-state index in [9.17, 15) is 0 Å². The van der Waals surface area contributed by atoms with Crippen LogP contribution in [0.5, 0.6) is 0 Å². The van der Waals surface area contributed by atoms with E-state index in [1.54, 1.807) is 6.33 Å². The molecule has 27 heavy (non-hydrogen) atoms. The SMILES string of the molecule is c1nc(C2CC2)cc(N2CCC(Nc3nccc(N4CCOCC4)n3)C2)n1. The van der Waals surface area contributed by atoms with E-state index in [0.717, 1.165) is 57.4 Å². The molecule has 0 spiro atoms.